The van der Waals surface area contributed by atoms with E-state index in [0.29, 0.717) is 45.0 Å². The number of aryl methyl sites for hydroxylation is 1. The largest absolute Gasteiger partial charge is 0.450 e. The zero-order valence-corrected chi connectivity index (χ0v) is 16.4. The van der Waals surface area contributed by atoms with Gasteiger partial charge in [0.05, 0.1) is 6.61 Å². The zero-order valence-electron chi connectivity index (χ0n) is 16.4. The molecule has 0 spiro atoms. The summed E-state index contributed by atoms with van der Waals surface area (Å²) in [6.45, 7) is 7.24. The van der Waals surface area contributed by atoms with Crippen molar-refractivity contribution in [3.05, 3.63) is 59.4 Å². The molecule has 0 bridgehead atoms. The topological polar surface area (TPSA) is 74.8 Å². The maximum Gasteiger partial charge on any atom is 0.409 e. The van der Waals surface area contributed by atoms with Crippen molar-refractivity contribution in [2.24, 2.45) is 0 Å². The summed E-state index contributed by atoms with van der Waals surface area (Å²) < 4.78 is 5.05. The van der Waals surface area contributed by atoms with Crippen LogP contribution in [-0.2, 0) is 11.3 Å². The van der Waals surface area contributed by atoms with E-state index < -0.39 is 0 Å². The van der Waals surface area contributed by atoms with Crippen LogP contribution in [0, 0.1) is 6.92 Å². The van der Waals surface area contributed by atoms with Gasteiger partial charge in [0.2, 0.25) is 0 Å². The Morgan fingerprint density at radius 2 is 1.82 bits per heavy atom. The number of ether oxygens (including phenoxy) is 1. The lowest BCUT2D eigenvalue weighted by Crippen LogP contribution is -2.49. The van der Waals surface area contributed by atoms with Crippen LogP contribution in [0.4, 0.5) is 10.5 Å². The molecule has 1 aromatic carbocycles. The van der Waals surface area contributed by atoms with Crippen molar-refractivity contribution in [1.82, 2.24) is 15.2 Å². The number of hydrogen-bond acceptors (Lipinski definition) is 5. The molecule has 1 fully saturated rings. The van der Waals surface area contributed by atoms with E-state index in [1.165, 1.54) is 5.56 Å². The number of benzene rings is 1. The van der Waals surface area contributed by atoms with Crippen molar-refractivity contribution in [1.29, 1.82) is 0 Å². The van der Waals surface area contributed by atoms with Crippen LogP contribution in [0.3, 0.4) is 0 Å². The molecule has 2 amide bonds. The van der Waals surface area contributed by atoms with E-state index >= 15 is 0 Å². The van der Waals surface area contributed by atoms with Gasteiger partial charge >= 0.3 is 6.09 Å². The molecular formula is C21H26N4O3. The number of piperazine rings is 1. The van der Waals surface area contributed by atoms with Crippen LogP contribution in [0.2, 0.25) is 0 Å². The predicted molar refractivity (Wildman–Crippen MR) is 107 cm³/mol. The summed E-state index contributed by atoms with van der Waals surface area (Å²) in [4.78, 5) is 32.3. The van der Waals surface area contributed by atoms with Crippen LogP contribution in [0.15, 0.2) is 42.6 Å². The number of pyridine rings is 1. The minimum absolute atomic E-state index is 0.201. The molecular weight excluding hydrogens is 356 g/mol. The molecule has 7 nitrogen and oxygen atoms in total. The molecule has 7 heteroatoms. The summed E-state index contributed by atoms with van der Waals surface area (Å²) in [6, 6.07) is 11.7. The van der Waals surface area contributed by atoms with Crippen LogP contribution in [0.1, 0.15) is 28.5 Å². The normalized spacial score (nSPS) is 13.9. The fraction of sp³-hybridized carbons (Fsp3) is 0.381. The molecule has 1 saturated heterocycles. The number of amides is 2. The lowest BCUT2D eigenvalue weighted by molar-refractivity contribution is 0.0945. The standard InChI is InChI=1S/C21H26N4O3/c1-3-28-21(27)25-12-10-24(11-13-25)18-8-9-22-19(14-18)20(26)23-15-17-6-4-16(2)5-7-17/h4-9,14H,3,10-13,15H2,1-2H3,(H,23,26). The Balaban J connectivity index is 1.57. The molecule has 0 unspecified atom stereocenters. The van der Waals surface area contributed by atoms with Gasteiger partial charge in [-0.1, -0.05) is 29.8 Å². The third kappa shape index (κ3) is 5.00. The summed E-state index contributed by atoms with van der Waals surface area (Å²) in [5, 5.41) is 2.91. The summed E-state index contributed by atoms with van der Waals surface area (Å²) in [6.07, 6.45) is 1.38. The van der Waals surface area contributed by atoms with E-state index in [9.17, 15) is 9.59 Å². The van der Waals surface area contributed by atoms with E-state index in [1.807, 2.05) is 37.3 Å². The third-order valence-corrected chi connectivity index (χ3v) is 4.72. The van der Waals surface area contributed by atoms with Crippen molar-refractivity contribution >= 4 is 17.7 Å². The molecule has 0 saturated carbocycles. The zero-order chi connectivity index (χ0) is 19.9. The highest BCUT2D eigenvalue weighted by molar-refractivity contribution is 5.93. The van der Waals surface area contributed by atoms with Gasteiger partial charge in [-0.15, -0.1) is 0 Å². The van der Waals surface area contributed by atoms with Gasteiger partial charge < -0.3 is 19.9 Å². The Morgan fingerprint density at radius 1 is 1.11 bits per heavy atom. The molecule has 3 rings (SSSR count). The second kappa shape index (κ2) is 9.21. The molecule has 1 aliphatic heterocycles. The molecule has 1 N–H and O–H groups in total. The smallest absolute Gasteiger partial charge is 0.409 e. The number of rotatable bonds is 5. The first-order valence-corrected chi connectivity index (χ1v) is 9.53. The summed E-state index contributed by atoms with van der Waals surface area (Å²) in [5.74, 6) is -0.201. The van der Waals surface area contributed by atoms with Crippen molar-refractivity contribution < 1.29 is 14.3 Å². The van der Waals surface area contributed by atoms with E-state index in [4.69, 9.17) is 4.74 Å². The van der Waals surface area contributed by atoms with Gasteiger partial charge in [-0.05, 0) is 31.5 Å². The van der Waals surface area contributed by atoms with Crippen LogP contribution in [-0.4, -0.2) is 54.7 Å². The molecule has 0 aliphatic carbocycles. The van der Waals surface area contributed by atoms with Gasteiger partial charge in [0, 0.05) is 44.6 Å². The Kier molecular flexibility index (Phi) is 6.47. The monoisotopic (exact) mass is 382 g/mol. The van der Waals surface area contributed by atoms with Gasteiger partial charge in [0.15, 0.2) is 0 Å². The first-order chi connectivity index (χ1) is 13.6. The maximum absolute atomic E-state index is 12.5. The molecule has 1 aliphatic rings. The van der Waals surface area contributed by atoms with Crippen molar-refractivity contribution in [3.8, 4) is 0 Å². The SMILES string of the molecule is CCOC(=O)N1CCN(c2ccnc(C(=O)NCc3ccc(C)cc3)c2)CC1. The Hall–Kier alpha value is -3.09. The van der Waals surface area contributed by atoms with E-state index in [2.05, 4.69) is 15.2 Å². The number of nitrogens with zero attached hydrogens (tertiary/aromatic N) is 3. The average Bonchev–Trinajstić information content (AvgIpc) is 2.73. The molecule has 0 radical (unpaired) electrons. The van der Waals surface area contributed by atoms with E-state index in [-0.39, 0.29) is 12.0 Å². The highest BCUT2D eigenvalue weighted by Crippen LogP contribution is 2.17. The number of hydrogen-bond donors (Lipinski definition) is 1. The second-order valence-corrected chi connectivity index (χ2v) is 6.74. The van der Waals surface area contributed by atoms with Crippen molar-refractivity contribution in [2.75, 3.05) is 37.7 Å². The molecule has 28 heavy (non-hydrogen) atoms. The minimum atomic E-state index is -0.270. The minimum Gasteiger partial charge on any atom is -0.450 e. The van der Waals surface area contributed by atoms with E-state index in [0.717, 1.165) is 11.3 Å². The number of carbonyl (C=O) groups is 2. The summed E-state index contributed by atoms with van der Waals surface area (Å²) in [7, 11) is 0. The van der Waals surface area contributed by atoms with Crippen LogP contribution >= 0.6 is 0 Å². The first kappa shape index (κ1) is 19.7. The molecule has 2 heterocycles. The molecule has 0 atom stereocenters. The molecule has 1 aromatic heterocycles. The lowest BCUT2D eigenvalue weighted by Gasteiger charge is -2.35. The van der Waals surface area contributed by atoms with Crippen LogP contribution < -0.4 is 10.2 Å². The maximum atomic E-state index is 12.5. The van der Waals surface area contributed by atoms with Gasteiger partial charge in [-0.25, -0.2) is 4.79 Å². The second-order valence-electron chi connectivity index (χ2n) is 6.74. The van der Waals surface area contributed by atoms with Crippen molar-refractivity contribution in [2.45, 2.75) is 20.4 Å². The van der Waals surface area contributed by atoms with E-state index in [1.54, 1.807) is 24.1 Å². The number of anilines is 1. The van der Waals surface area contributed by atoms with Crippen LogP contribution in [0.25, 0.3) is 0 Å². The summed E-state index contributed by atoms with van der Waals surface area (Å²) >= 11 is 0. The quantitative estimate of drug-likeness (QED) is 0.860. The fourth-order valence-corrected chi connectivity index (χ4v) is 3.08. The third-order valence-electron chi connectivity index (χ3n) is 4.72. The Labute approximate surface area is 165 Å². The summed E-state index contributed by atoms with van der Waals surface area (Å²) in [5.41, 5.74) is 3.55. The van der Waals surface area contributed by atoms with Gasteiger partial charge in [-0.2, -0.15) is 0 Å². The van der Waals surface area contributed by atoms with Gasteiger partial charge in [-0.3, -0.25) is 9.78 Å². The van der Waals surface area contributed by atoms with Crippen LogP contribution in [0.5, 0.6) is 0 Å². The fourth-order valence-electron chi connectivity index (χ4n) is 3.08. The van der Waals surface area contributed by atoms with Gasteiger partial charge in [0.1, 0.15) is 5.69 Å². The number of carbonyl (C=O) groups excluding carboxylic acids is 2. The van der Waals surface area contributed by atoms with Gasteiger partial charge in [0.25, 0.3) is 5.91 Å². The molecule has 2 aromatic rings. The number of aromatic nitrogens is 1. The first-order valence-electron chi connectivity index (χ1n) is 9.53. The Morgan fingerprint density at radius 3 is 2.50 bits per heavy atom. The average molecular weight is 382 g/mol. The molecule has 148 valence electrons. The predicted octanol–water partition coefficient (Wildman–Crippen LogP) is 2.60. The highest BCUT2D eigenvalue weighted by Gasteiger charge is 2.22. The van der Waals surface area contributed by atoms with Crippen molar-refractivity contribution in [3.63, 3.8) is 0 Å². The Bertz CT molecular complexity index is 815. The lowest BCUT2D eigenvalue weighted by atomic mass is 10.1. The number of nitrogens with one attached hydrogen (secondary N) is 1. The highest BCUT2D eigenvalue weighted by atomic mass is 16.6.